The van der Waals surface area contributed by atoms with Crippen molar-refractivity contribution in [3.63, 3.8) is 0 Å². The van der Waals surface area contributed by atoms with Gasteiger partial charge in [-0.1, -0.05) is 64.5 Å². The lowest BCUT2D eigenvalue weighted by Gasteiger charge is -2.26. The maximum Gasteiger partial charge on any atom is 0.205 e. The molecule has 1 aliphatic heterocycles. The highest BCUT2D eigenvalue weighted by molar-refractivity contribution is 9.10. The first-order chi connectivity index (χ1) is 17.1. The Morgan fingerprint density at radius 2 is 1.74 bits per heavy atom. The number of para-hydroxylation sites is 1. The van der Waals surface area contributed by atoms with Crippen LogP contribution in [-0.4, -0.2) is 14.8 Å². The minimum absolute atomic E-state index is 0.0809. The van der Waals surface area contributed by atoms with Crippen molar-refractivity contribution in [3.05, 3.63) is 118 Å². The number of hydrogen-bond acceptors (Lipinski definition) is 5. The van der Waals surface area contributed by atoms with Crippen LogP contribution in [-0.2, 0) is 0 Å². The van der Waals surface area contributed by atoms with Crippen LogP contribution in [0.5, 0.6) is 5.75 Å². The second kappa shape index (κ2) is 8.42. The molecule has 3 heterocycles. The number of nitrogens with two attached hydrogens (primary N) is 1. The molecule has 2 N–H and O–H groups in total. The fourth-order valence-corrected chi connectivity index (χ4v) is 4.78. The summed E-state index contributed by atoms with van der Waals surface area (Å²) in [6.45, 7) is 0. The number of ether oxygens (including phenoxy) is 1. The van der Waals surface area contributed by atoms with Crippen molar-refractivity contribution in [2.24, 2.45) is 5.73 Å². The first kappa shape index (κ1) is 21.1. The Labute approximate surface area is 210 Å². The van der Waals surface area contributed by atoms with Gasteiger partial charge in [-0.2, -0.15) is 10.4 Å². The van der Waals surface area contributed by atoms with Crippen LogP contribution in [0.3, 0.4) is 0 Å². The van der Waals surface area contributed by atoms with E-state index in [1.54, 1.807) is 6.20 Å². The molecule has 1 aliphatic rings. The minimum Gasteiger partial charge on any atom is -0.438 e. The van der Waals surface area contributed by atoms with Gasteiger partial charge in [0.1, 0.15) is 17.2 Å². The van der Waals surface area contributed by atoms with Crippen LogP contribution < -0.4 is 10.5 Å². The Balaban J connectivity index is 1.64. The molecule has 0 aliphatic carbocycles. The maximum absolute atomic E-state index is 10.1. The molecule has 1 unspecified atom stereocenters. The van der Waals surface area contributed by atoms with Crippen molar-refractivity contribution in [1.82, 2.24) is 14.8 Å². The molecule has 0 amide bonds. The predicted molar refractivity (Wildman–Crippen MR) is 138 cm³/mol. The number of pyridine rings is 1. The van der Waals surface area contributed by atoms with E-state index in [2.05, 4.69) is 27.0 Å². The van der Waals surface area contributed by atoms with Gasteiger partial charge in [0.15, 0.2) is 5.75 Å². The van der Waals surface area contributed by atoms with Crippen LogP contribution in [0, 0.1) is 11.3 Å². The highest BCUT2D eigenvalue weighted by atomic mass is 79.9. The molecular weight excluding hydrogens is 502 g/mol. The highest BCUT2D eigenvalue weighted by Crippen LogP contribution is 2.47. The average molecular weight is 520 g/mol. The van der Waals surface area contributed by atoms with Crippen LogP contribution in [0.15, 0.2) is 107 Å². The number of aromatic nitrogens is 3. The SMILES string of the molecule is N#CC1=C(N)Oc2c(ccc3cccnc23)C1c1cn(-c2ccccc2)nc1-c1ccc(Br)cc1. The summed E-state index contributed by atoms with van der Waals surface area (Å²) in [4.78, 5) is 4.54. The molecule has 6 rings (SSSR count). The maximum atomic E-state index is 10.1. The lowest BCUT2D eigenvalue weighted by molar-refractivity contribution is 0.397. The van der Waals surface area contributed by atoms with Gasteiger partial charge in [-0.05, 0) is 30.3 Å². The molecular formula is C28H18BrN5O. The lowest BCUT2D eigenvalue weighted by atomic mass is 9.82. The second-order valence-electron chi connectivity index (χ2n) is 8.20. The van der Waals surface area contributed by atoms with Crippen LogP contribution in [0.2, 0.25) is 0 Å². The number of nitrogens with zero attached hydrogens (tertiary/aromatic N) is 4. The van der Waals surface area contributed by atoms with Crippen molar-refractivity contribution < 1.29 is 4.74 Å². The second-order valence-corrected chi connectivity index (χ2v) is 9.12. The molecule has 3 aromatic carbocycles. The Kier molecular flexibility index (Phi) is 5.09. The fraction of sp³-hybridized carbons (Fsp3) is 0.0357. The molecule has 5 aromatic rings. The monoisotopic (exact) mass is 519 g/mol. The van der Waals surface area contributed by atoms with E-state index in [1.807, 2.05) is 89.7 Å². The Morgan fingerprint density at radius 3 is 2.51 bits per heavy atom. The molecule has 0 saturated heterocycles. The normalized spacial score (nSPS) is 14.9. The number of benzene rings is 3. The van der Waals surface area contributed by atoms with E-state index in [-0.39, 0.29) is 5.88 Å². The average Bonchev–Trinajstić information content (AvgIpc) is 3.34. The molecule has 0 radical (unpaired) electrons. The van der Waals surface area contributed by atoms with Crippen LogP contribution in [0.1, 0.15) is 17.0 Å². The predicted octanol–water partition coefficient (Wildman–Crippen LogP) is 6.07. The number of halogens is 1. The van der Waals surface area contributed by atoms with E-state index < -0.39 is 5.92 Å². The molecule has 7 heteroatoms. The third-order valence-electron chi connectivity index (χ3n) is 6.15. The number of allylic oxidation sites excluding steroid dienone is 1. The van der Waals surface area contributed by atoms with Gasteiger partial charge in [-0.15, -0.1) is 0 Å². The first-order valence-electron chi connectivity index (χ1n) is 11.0. The molecule has 2 aromatic heterocycles. The lowest BCUT2D eigenvalue weighted by Crippen LogP contribution is -2.21. The Hall–Kier alpha value is -4.41. The van der Waals surface area contributed by atoms with Crippen LogP contribution in [0.25, 0.3) is 27.8 Å². The van der Waals surface area contributed by atoms with Gasteiger partial charge in [0.05, 0.1) is 17.3 Å². The van der Waals surface area contributed by atoms with E-state index in [9.17, 15) is 5.26 Å². The van der Waals surface area contributed by atoms with Gasteiger partial charge in [-0.3, -0.25) is 4.98 Å². The molecule has 0 bridgehead atoms. The summed E-state index contributed by atoms with van der Waals surface area (Å²) in [5.41, 5.74) is 11.7. The molecule has 6 nitrogen and oxygen atoms in total. The number of fused-ring (bicyclic) bond motifs is 3. The minimum atomic E-state index is -0.466. The van der Waals surface area contributed by atoms with E-state index in [0.29, 0.717) is 16.8 Å². The molecule has 0 saturated carbocycles. The van der Waals surface area contributed by atoms with Crippen molar-refractivity contribution >= 4 is 26.8 Å². The summed E-state index contributed by atoms with van der Waals surface area (Å²) in [6.07, 6.45) is 3.70. The van der Waals surface area contributed by atoms with Gasteiger partial charge in [-0.25, -0.2) is 4.68 Å². The number of hydrogen-bond donors (Lipinski definition) is 1. The molecule has 35 heavy (non-hydrogen) atoms. The zero-order chi connectivity index (χ0) is 23.9. The summed E-state index contributed by atoms with van der Waals surface area (Å²) >= 11 is 3.51. The summed E-state index contributed by atoms with van der Waals surface area (Å²) in [6, 6.07) is 28.0. The highest BCUT2D eigenvalue weighted by Gasteiger charge is 2.35. The molecule has 168 valence electrons. The van der Waals surface area contributed by atoms with Crippen molar-refractivity contribution in [3.8, 4) is 28.8 Å². The number of nitriles is 1. The zero-order valence-corrected chi connectivity index (χ0v) is 20.0. The topological polar surface area (TPSA) is 89.8 Å². The van der Waals surface area contributed by atoms with Gasteiger partial charge >= 0.3 is 0 Å². The van der Waals surface area contributed by atoms with Gasteiger partial charge in [0, 0.05) is 38.9 Å². The van der Waals surface area contributed by atoms with E-state index in [0.717, 1.165) is 37.9 Å². The smallest absolute Gasteiger partial charge is 0.205 e. The fourth-order valence-electron chi connectivity index (χ4n) is 4.52. The third-order valence-corrected chi connectivity index (χ3v) is 6.68. The quantitative estimate of drug-likeness (QED) is 0.312. The first-order valence-corrected chi connectivity index (χ1v) is 11.8. The summed E-state index contributed by atoms with van der Waals surface area (Å²) < 4.78 is 8.80. The largest absolute Gasteiger partial charge is 0.438 e. The molecule has 0 spiro atoms. The third kappa shape index (κ3) is 3.56. The van der Waals surface area contributed by atoms with Gasteiger partial charge < -0.3 is 10.5 Å². The zero-order valence-electron chi connectivity index (χ0n) is 18.4. The standard InChI is InChI=1S/C28H18BrN5O/c29-19-11-8-18(9-12-19)25-23(16-34(33-25)20-6-2-1-3-7-20)24-21-13-10-17-5-4-14-32-26(17)27(21)35-28(31)22(24)15-30/h1-14,16,24H,31H2. The Morgan fingerprint density at radius 1 is 0.943 bits per heavy atom. The van der Waals surface area contributed by atoms with E-state index in [1.165, 1.54) is 0 Å². The van der Waals surface area contributed by atoms with Crippen molar-refractivity contribution in [2.45, 2.75) is 5.92 Å². The van der Waals surface area contributed by atoms with Crippen LogP contribution in [0.4, 0.5) is 0 Å². The summed E-state index contributed by atoms with van der Waals surface area (Å²) in [5.74, 6) is 0.183. The summed E-state index contributed by atoms with van der Waals surface area (Å²) in [7, 11) is 0. The molecule has 0 fully saturated rings. The van der Waals surface area contributed by atoms with E-state index in [4.69, 9.17) is 15.6 Å². The van der Waals surface area contributed by atoms with Crippen molar-refractivity contribution in [2.75, 3.05) is 0 Å². The Bertz CT molecular complexity index is 1650. The van der Waals surface area contributed by atoms with Crippen molar-refractivity contribution in [1.29, 1.82) is 5.26 Å². The van der Waals surface area contributed by atoms with Gasteiger partial charge in [0.2, 0.25) is 5.88 Å². The van der Waals surface area contributed by atoms with E-state index >= 15 is 0 Å². The van der Waals surface area contributed by atoms with Gasteiger partial charge in [0.25, 0.3) is 0 Å². The van der Waals surface area contributed by atoms with Crippen LogP contribution >= 0.6 is 15.9 Å². The number of rotatable bonds is 3. The molecule has 1 atom stereocenters. The summed E-state index contributed by atoms with van der Waals surface area (Å²) in [5, 5.41) is 16.0.